The average Bonchev–Trinajstić information content (AvgIpc) is 2.48. The molecular weight excluding hydrogens is 256 g/mol. The second-order valence-electron chi connectivity index (χ2n) is 4.73. The van der Waals surface area contributed by atoms with E-state index >= 15 is 0 Å². The van der Waals surface area contributed by atoms with Crippen LogP contribution in [0, 0.1) is 0 Å². The van der Waals surface area contributed by atoms with Gasteiger partial charge in [-0.1, -0.05) is 6.07 Å². The quantitative estimate of drug-likeness (QED) is 0.872. The van der Waals surface area contributed by atoms with E-state index in [2.05, 4.69) is 10.3 Å². The summed E-state index contributed by atoms with van der Waals surface area (Å²) in [6.45, 7) is 2.42. The van der Waals surface area contributed by atoms with E-state index in [0.29, 0.717) is 12.2 Å². The Morgan fingerprint density at radius 2 is 2.00 bits per heavy atom. The molecule has 6 nitrogen and oxygen atoms in total. The van der Waals surface area contributed by atoms with E-state index < -0.39 is 0 Å². The molecule has 0 radical (unpaired) electrons. The number of nitrogens with zero attached hydrogens (tertiary/aromatic N) is 3. The molecule has 1 unspecified atom stereocenters. The third-order valence-corrected chi connectivity index (χ3v) is 3.35. The second kappa shape index (κ2) is 5.83. The number of aromatic nitrogens is 3. The highest BCUT2D eigenvalue weighted by molar-refractivity contribution is 5.09. The van der Waals surface area contributed by atoms with Crippen LogP contribution < -0.4 is 16.6 Å². The van der Waals surface area contributed by atoms with Crippen LogP contribution in [0.4, 0.5) is 0 Å². The first-order valence-electron chi connectivity index (χ1n) is 6.41. The van der Waals surface area contributed by atoms with Crippen molar-refractivity contribution >= 4 is 0 Å². The van der Waals surface area contributed by atoms with Gasteiger partial charge in [0.25, 0.3) is 5.56 Å². The molecule has 6 heteroatoms. The number of hydrogen-bond acceptors (Lipinski definition) is 4. The highest BCUT2D eigenvalue weighted by atomic mass is 16.2. The zero-order chi connectivity index (χ0) is 14.7. The summed E-state index contributed by atoms with van der Waals surface area (Å²) in [5, 5.41) is 3.26. The average molecular weight is 274 g/mol. The Morgan fingerprint density at radius 1 is 1.25 bits per heavy atom. The Hall–Kier alpha value is -2.21. The Bertz CT molecular complexity index is 703. The fourth-order valence-corrected chi connectivity index (χ4v) is 1.94. The van der Waals surface area contributed by atoms with Crippen LogP contribution in [0.3, 0.4) is 0 Å². The van der Waals surface area contributed by atoms with Crippen LogP contribution in [0.25, 0.3) is 0 Å². The predicted molar refractivity (Wildman–Crippen MR) is 76.4 cm³/mol. The van der Waals surface area contributed by atoms with Crippen molar-refractivity contribution < 1.29 is 0 Å². The molecule has 2 heterocycles. The molecule has 0 saturated heterocycles. The molecule has 20 heavy (non-hydrogen) atoms. The van der Waals surface area contributed by atoms with Crippen LogP contribution in [0.1, 0.15) is 24.4 Å². The van der Waals surface area contributed by atoms with Gasteiger partial charge in [-0.15, -0.1) is 0 Å². The van der Waals surface area contributed by atoms with E-state index in [1.807, 2.05) is 25.1 Å². The van der Waals surface area contributed by atoms with Crippen molar-refractivity contribution in [3.05, 3.63) is 62.7 Å². The minimum Gasteiger partial charge on any atom is -0.303 e. The van der Waals surface area contributed by atoms with Crippen LogP contribution in [-0.4, -0.2) is 14.1 Å². The molecule has 0 aliphatic carbocycles. The van der Waals surface area contributed by atoms with Gasteiger partial charge in [-0.2, -0.15) is 0 Å². The molecule has 1 N–H and O–H groups in total. The first-order chi connectivity index (χ1) is 9.50. The lowest BCUT2D eigenvalue weighted by Gasteiger charge is -2.15. The van der Waals surface area contributed by atoms with Gasteiger partial charge in [0.05, 0.1) is 5.69 Å². The Labute approximate surface area is 116 Å². The number of nitrogens with one attached hydrogen (secondary N) is 1. The maximum atomic E-state index is 11.8. The van der Waals surface area contributed by atoms with Gasteiger partial charge in [0.1, 0.15) is 0 Å². The summed E-state index contributed by atoms with van der Waals surface area (Å²) >= 11 is 0. The minimum atomic E-state index is -0.320. The van der Waals surface area contributed by atoms with Gasteiger partial charge >= 0.3 is 5.69 Å². The Kier molecular flexibility index (Phi) is 4.14. The van der Waals surface area contributed by atoms with Crippen molar-refractivity contribution in [2.75, 3.05) is 0 Å². The van der Waals surface area contributed by atoms with Gasteiger partial charge in [0, 0.05) is 44.6 Å². The van der Waals surface area contributed by atoms with E-state index in [-0.39, 0.29) is 17.3 Å². The fourth-order valence-electron chi connectivity index (χ4n) is 1.94. The maximum Gasteiger partial charge on any atom is 0.330 e. The molecule has 0 saturated carbocycles. The number of rotatable bonds is 4. The first-order valence-corrected chi connectivity index (χ1v) is 6.41. The van der Waals surface area contributed by atoms with Gasteiger partial charge in [0.2, 0.25) is 0 Å². The molecule has 2 aromatic rings. The molecule has 0 bridgehead atoms. The minimum absolute atomic E-state index is 0.0374. The highest BCUT2D eigenvalue weighted by Gasteiger charge is 2.09. The lowest BCUT2D eigenvalue weighted by atomic mass is 10.2. The molecule has 1 atom stereocenters. The summed E-state index contributed by atoms with van der Waals surface area (Å²) in [4.78, 5) is 27.7. The molecule has 0 aliphatic rings. The zero-order valence-electron chi connectivity index (χ0n) is 11.8. The van der Waals surface area contributed by atoms with Crippen LogP contribution in [0.15, 0.2) is 40.1 Å². The lowest BCUT2D eigenvalue weighted by molar-refractivity contribution is 0.531. The molecule has 0 spiro atoms. The summed E-state index contributed by atoms with van der Waals surface area (Å²) in [6, 6.07) is 7.23. The SMILES string of the molecule is CC(NCc1cc(=O)n(C)c(=O)n1C)c1ccccn1. The van der Waals surface area contributed by atoms with Crippen molar-refractivity contribution in [1.29, 1.82) is 0 Å². The number of pyridine rings is 1. The van der Waals surface area contributed by atoms with E-state index in [4.69, 9.17) is 0 Å². The molecule has 2 aromatic heterocycles. The Balaban J connectivity index is 2.16. The summed E-state index contributed by atoms with van der Waals surface area (Å²) in [6.07, 6.45) is 1.74. The van der Waals surface area contributed by atoms with Gasteiger partial charge in [0.15, 0.2) is 0 Å². The van der Waals surface area contributed by atoms with Crippen LogP contribution in [0.2, 0.25) is 0 Å². The monoisotopic (exact) mass is 274 g/mol. The number of hydrogen-bond donors (Lipinski definition) is 1. The molecule has 0 amide bonds. The fraction of sp³-hybridized carbons (Fsp3) is 0.357. The summed E-state index contributed by atoms with van der Waals surface area (Å²) in [5.74, 6) is 0. The molecule has 2 rings (SSSR count). The van der Waals surface area contributed by atoms with Gasteiger partial charge in [-0.05, 0) is 19.1 Å². The summed E-state index contributed by atoms with van der Waals surface area (Å²) in [5.41, 5.74) is 0.956. The first kappa shape index (κ1) is 14.2. The largest absolute Gasteiger partial charge is 0.330 e. The van der Waals surface area contributed by atoms with Crippen LogP contribution in [0.5, 0.6) is 0 Å². The summed E-state index contributed by atoms with van der Waals surface area (Å²) < 4.78 is 2.56. The third kappa shape index (κ3) is 2.85. The molecule has 106 valence electrons. The van der Waals surface area contributed by atoms with Crippen LogP contribution in [-0.2, 0) is 20.6 Å². The molecule has 0 aliphatic heterocycles. The van der Waals surface area contributed by atoms with E-state index in [9.17, 15) is 9.59 Å². The van der Waals surface area contributed by atoms with E-state index in [0.717, 1.165) is 10.3 Å². The van der Waals surface area contributed by atoms with Gasteiger partial charge in [-0.3, -0.25) is 18.9 Å². The van der Waals surface area contributed by atoms with Crippen molar-refractivity contribution in [2.45, 2.75) is 19.5 Å². The highest BCUT2D eigenvalue weighted by Crippen LogP contribution is 2.08. The smallest absolute Gasteiger partial charge is 0.303 e. The normalized spacial score (nSPS) is 12.3. The molecule has 0 fully saturated rings. The lowest BCUT2D eigenvalue weighted by Crippen LogP contribution is -2.39. The topological polar surface area (TPSA) is 68.9 Å². The standard InChI is InChI=1S/C14H18N4O2/c1-10(12-6-4-5-7-15-12)16-9-11-8-13(19)18(3)14(20)17(11)2/h4-8,10,16H,9H2,1-3H3. The van der Waals surface area contributed by atoms with Crippen molar-refractivity contribution in [3.8, 4) is 0 Å². The van der Waals surface area contributed by atoms with Crippen molar-refractivity contribution in [2.24, 2.45) is 14.1 Å². The second-order valence-corrected chi connectivity index (χ2v) is 4.73. The predicted octanol–water partition coefficient (Wildman–Crippen LogP) is 0.330. The van der Waals surface area contributed by atoms with E-state index in [1.165, 1.54) is 17.7 Å². The Morgan fingerprint density at radius 3 is 2.65 bits per heavy atom. The van der Waals surface area contributed by atoms with E-state index in [1.54, 1.807) is 13.2 Å². The zero-order valence-corrected chi connectivity index (χ0v) is 11.8. The van der Waals surface area contributed by atoms with Crippen molar-refractivity contribution in [3.63, 3.8) is 0 Å². The van der Waals surface area contributed by atoms with Gasteiger partial charge < -0.3 is 5.32 Å². The maximum absolute atomic E-state index is 11.8. The van der Waals surface area contributed by atoms with Gasteiger partial charge in [-0.25, -0.2) is 4.79 Å². The van der Waals surface area contributed by atoms with Crippen molar-refractivity contribution in [1.82, 2.24) is 19.4 Å². The molecular formula is C14H18N4O2. The third-order valence-electron chi connectivity index (χ3n) is 3.35. The van der Waals surface area contributed by atoms with Crippen LogP contribution >= 0.6 is 0 Å². The molecule has 0 aromatic carbocycles. The summed E-state index contributed by atoms with van der Waals surface area (Å²) in [7, 11) is 3.13.